The summed E-state index contributed by atoms with van der Waals surface area (Å²) in [5.74, 6) is 1.40. The Balaban J connectivity index is 1.79. The second-order valence-electron chi connectivity index (χ2n) is 6.09. The zero-order valence-corrected chi connectivity index (χ0v) is 13.5. The summed E-state index contributed by atoms with van der Waals surface area (Å²) in [5.41, 5.74) is 8.14. The Bertz CT molecular complexity index is 912. The van der Waals surface area contributed by atoms with Gasteiger partial charge in [0.2, 0.25) is 5.91 Å². The number of aromatic nitrogens is 3. The molecule has 0 saturated carbocycles. The number of nitrogens with zero attached hydrogens (tertiary/aromatic N) is 3. The standard InChI is InChI=1S/C17H19N5O2/c1-24-12-4-2-3-11-13(12)14-15(21-11)17(20-9-19-14)22-7-5-10(6-8-22)16(18)23/h2-4,9-10,21H,5-8H2,1H3,(H2,18,23). The topological polar surface area (TPSA) is 97.1 Å². The number of nitrogens with two attached hydrogens (primary N) is 1. The van der Waals surface area contributed by atoms with Crippen LogP contribution in [0.3, 0.4) is 0 Å². The van der Waals surface area contributed by atoms with Crippen LogP contribution in [0.25, 0.3) is 21.9 Å². The molecule has 0 aliphatic carbocycles. The predicted molar refractivity (Wildman–Crippen MR) is 92.1 cm³/mol. The Morgan fingerprint density at radius 2 is 2.12 bits per heavy atom. The number of H-pyrrole nitrogens is 1. The van der Waals surface area contributed by atoms with Crippen molar-refractivity contribution >= 4 is 33.7 Å². The van der Waals surface area contributed by atoms with Crippen molar-refractivity contribution in [3.63, 3.8) is 0 Å². The molecule has 3 heterocycles. The van der Waals surface area contributed by atoms with Crippen LogP contribution in [0.4, 0.5) is 5.82 Å². The Morgan fingerprint density at radius 3 is 2.83 bits per heavy atom. The van der Waals surface area contributed by atoms with Gasteiger partial charge in [-0.1, -0.05) is 6.07 Å². The third kappa shape index (κ3) is 2.24. The molecule has 0 atom stereocenters. The Hall–Kier alpha value is -2.83. The van der Waals surface area contributed by atoms with Gasteiger partial charge in [-0.2, -0.15) is 0 Å². The van der Waals surface area contributed by atoms with Crippen LogP contribution in [0.15, 0.2) is 24.5 Å². The lowest BCUT2D eigenvalue weighted by Gasteiger charge is -2.31. The van der Waals surface area contributed by atoms with Gasteiger partial charge < -0.3 is 20.4 Å². The normalized spacial score (nSPS) is 16.0. The summed E-state index contributed by atoms with van der Waals surface area (Å²) in [4.78, 5) is 25.9. The number of nitrogens with one attached hydrogen (secondary N) is 1. The van der Waals surface area contributed by atoms with Crippen molar-refractivity contribution in [3.05, 3.63) is 24.5 Å². The molecule has 1 aliphatic rings. The molecule has 3 aromatic rings. The number of carbonyl (C=O) groups is 1. The number of methoxy groups -OCH3 is 1. The second-order valence-corrected chi connectivity index (χ2v) is 6.09. The van der Waals surface area contributed by atoms with Crippen LogP contribution >= 0.6 is 0 Å². The number of piperidine rings is 1. The highest BCUT2D eigenvalue weighted by atomic mass is 16.5. The molecular formula is C17H19N5O2. The van der Waals surface area contributed by atoms with Gasteiger partial charge in [-0.3, -0.25) is 4.79 Å². The van der Waals surface area contributed by atoms with Gasteiger partial charge in [-0.15, -0.1) is 0 Å². The third-order valence-electron chi connectivity index (χ3n) is 4.77. The molecule has 124 valence electrons. The van der Waals surface area contributed by atoms with Gasteiger partial charge in [0.25, 0.3) is 0 Å². The Kier molecular flexibility index (Phi) is 3.48. The van der Waals surface area contributed by atoms with Crippen LogP contribution in [-0.2, 0) is 4.79 Å². The van der Waals surface area contributed by atoms with Gasteiger partial charge >= 0.3 is 0 Å². The van der Waals surface area contributed by atoms with Crippen LogP contribution in [0.5, 0.6) is 5.75 Å². The number of carbonyl (C=O) groups excluding carboxylic acids is 1. The summed E-state index contributed by atoms with van der Waals surface area (Å²) < 4.78 is 5.47. The zero-order valence-electron chi connectivity index (χ0n) is 13.5. The minimum absolute atomic E-state index is 0.0404. The number of hydrogen-bond donors (Lipinski definition) is 2. The zero-order chi connectivity index (χ0) is 16.7. The molecule has 1 aliphatic heterocycles. The molecule has 2 aromatic heterocycles. The number of ether oxygens (including phenoxy) is 1. The Morgan fingerprint density at radius 1 is 1.33 bits per heavy atom. The minimum atomic E-state index is -0.210. The molecule has 1 amide bonds. The molecule has 7 nitrogen and oxygen atoms in total. The first-order chi connectivity index (χ1) is 11.7. The van der Waals surface area contributed by atoms with Crippen molar-refractivity contribution in [1.82, 2.24) is 15.0 Å². The summed E-state index contributed by atoms with van der Waals surface area (Å²) in [6.45, 7) is 1.51. The molecule has 0 bridgehead atoms. The monoisotopic (exact) mass is 325 g/mol. The van der Waals surface area contributed by atoms with Gasteiger partial charge in [0.05, 0.1) is 18.0 Å². The van der Waals surface area contributed by atoms with Crippen molar-refractivity contribution in [2.75, 3.05) is 25.1 Å². The van der Waals surface area contributed by atoms with Crippen LogP contribution in [0.1, 0.15) is 12.8 Å². The summed E-state index contributed by atoms with van der Waals surface area (Å²) in [6, 6.07) is 5.88. The molecule has 1 saturated heterocycles. The second kappa shape index (κ2) is 5.67. The van der Waals surface area contributed by atoms with Gasteiger partial charge in [0, 0.05) is 19.0 Å². The number of rotatable bonds is 3. The molecule has 0 radical (unpaired) electrons. The first-order valence-corrected chi connectivity index (χ1v) is 8.02. The van der Waals surface area contributed by atoms with Gasteiger partial charge in [-0.25, -0.2) is 9.97 Å². The molecule has 0 unspecified atom stereocenters. The van der Waals surface area contributed by atoms with E-state index >= 15 is 0 Å². The van der Waals surface area contributed by atoms with E-state index in [0.29, 0.717) is 0 Å². The van der Waals surface area contributed by atoms with Crippen molar-refractivity contribution < 1.29 is 9.53 Å². The van der Waals surface area contributed by atoms with E-state index < -0.39 is 0 Å². The largest absolute Gasteiger partial charge is 0.496 e. The maximum absolute atomic E-state index is 11.4. The molecule has 1 aromatic carbocycles. The van der Waals surface area contributed by atoms with E-state index in [1.807, 2.05) is 18.2 Å². The maximum atomic E-state index is 11.4. The molecular weight excluding hydrogens is 306 g/mol. The first-order valence-electron chi connectivity index (χ1n) is 8.02. The molecule has 7 heteroatoms. The summed E-state index contributed by atoms with van der Waals surface area (Å²) in [6.07, 6.45) is 3.09. The number of primary amides is 1. The highest BCUT2D eigenvalue weighted by molar-refractivity contribution is 6.11. The summed E-state index contributed by atoms with van der Waals surface area (Å²) >= 11 is 0. The van der Waals surface area contributed by atoms with E-state index in [1.54, 1.807) is 13.4 Å². The number of amides is 1. The van der Waals surface area contributed by atoms with E-state index in [0.717, 1.165) is 59.4 Å². The Labute approximate surface area is 138 Å². The summed E-state index contributed by atoms with van der Waals surface area (Å²) in [7, 11) is 1.66. The smallest absolute Gasteiger partial charge is 0.220 e. The van der Waals surface area contributed by atoms with Crippen LogP contribution in [-0.4, -0.2) is 41.1 Å². The van der Waals surface area contributed by atoms with Crippen LogP contribution in [0.2, 0.25) is 0 Å². The van der Waals surface area contributed by atoms with Crippen LogP contribution in [0, 0.1) is 5.92 Å². The number of anilines is 1. The molecule has 1 fully saturated rings. The van der Waals surface area contributed by atoms with E-state index in [1.165, 1.54) is 0 Å². The lowest BCUT2D eigenvalue weighted by molar-refractivity contribution is -0.122. The van der Waals surface area contributed by atoms with Crippen molar-refractivity contribution in [2.45, 2.75) is 12.8 Å². The van der Waals surface area contributed by atoms with E-state index in [4.69, 9.17) is 10.5 Å². The fraction of sp³-hybridized carbons (Fsp3) is 0.353. The number of aromatic amines is 1. The van der Waals surface area contributed by atoms with Crippen molar-refractivity contribution in [3.8, 4) is 5.75 Å². The molecule has 3 N–H and O–H groups in total. The fourth-order valence-electron chi connectivity index (χ4n) is 3.48. The quantitative estimate of drug-likeness (QED) is 0.765. The van der Waals surface area contributed by atoms with Gasteiger partial charge in [0.1, 0.15) is 23.1 Å². The highest BCUT2D eigenvalue weighted by Gasteiger charge is 2.26. The SMILES string of the molecule is COc1cccc2[nH]c3c(N4CCC(C(N)=O)CC4)ncnc3c12. The number of fused-ring (bicyclic) bond motifs is 3. The lowest BCUT2D eigenvalue weighted by atomic mass is 9.96. The number of hydrogen-bond acceptors (Lipinski definition) is 5. The maximum Gasteiger partial charge on any atom is 0.220 e. The first kappa shape index (κ1) is 14.7. The van der Waals surface area contributed by atoms with Gasteiger partial charge in [-0.05, 0) is 25.0 Å². The van der Waals surface area contributed by atoms with Crippen LogP contribution < -0.4 is 15.4 Å². The third-order valence-corrected chi connectivity index (χ3v) is 4.77. The van der Waals surface area contributed by atoms with E-state index in [2.05, 4.69) is 19.9 Å². The molecule has 0 spiro atoms. The summed E-state index contributed by atoms with van der Waals surface area (Å²) in [5, 5.41) is 0.964. The highest BCUT2D eigenvalue weighted by Crippen LogP contribution is 2.35. The van der Waals surface area contributed by atoms with E-state index in [9.17, 15) is 4.79 Å². The van der Waals surface area contributed by atoms with Crippen molar-refractivity contribution in [2.24, 2.45) is 11.7 Å². The fourth-order valence-corrected chi connectivity index (χ4v) is 3.48. The lowest BCUT2D eigenvalue weighted by Crippen LogP contribution is -2.39. The average molecular weight is 325 g/mol. The molecule has 24 heavy (non-hydrogen) atoms. The minimum Gasteiger partial charge on any atom is -0.496 e. The average Bonchev–Trinajstić information content (AvgIpc) is 3.00. The van der Waals surface area contributed by atoms with Crippen molar-refractivity contribution in [1.29, 1.82) is 0 Å². The van der Waals surface area contributed by atoms with Gasteiger partial charge in [0.15, 0.2) is 5.82 Å². The van der Waals surface area contributed by atoms with E-state index in [-0.39, 0.29) is 11.8 Å². The number of benzene rings is 1. The predicted octanol–water partition coefficient (Wildman–Crippen LogP) is 1.82. The molecule has 4 rings (SSSR count).